The van der Waals surface area contributed by atoms with Crippen LogP contribution < -0.4 is 14.4 Å². The zero-order valence-electron chi connectivity index (χ0n) is 26.6. The molecule has 5 rings (SSSR count). The highest BCUT2D eigenvalue weighted by molar-refractivity contribution is 7.92. The molecule has 0 radical (unpaired) electrons. The number of carbonyl (C=O) groups is 2. The highest BCUT2D eigenvalue weighted by Gasteiger charge is 2.35. The molecule has 2 amide bonds. The van der Waals surface area contributed by atoms with E-state index < -0.39 is 28.5 Å². The van der Waals surface area contributed by atoms with Crippen molar-refractivity contribution in [1.29, 1.82) is 0 Å². The van der Waals surface area contributed by atoms with Gasteiger partial charge in [-0.25, -0.2) is 8.42 Å². The highest BCUT2D eigenvalue weighted by atomic mass is 35.5. The number of halogens is 1. The number of benzene rings is 4. The standard InChI is InChI=1S/C37H40ClN3O5S/c1-27-11-6-7-14-29(27)25-40(35(23-28-12-4-3-5-13-28)37(43)39-31-16-8-9-17-31)36(42)26-41(32-18-10-15-30(38)24-32)47(44,45)34-21-19-33(46-2)20-22-34/h3-7,10-15,18-22,24,31,35H,8-9,16-17,23,25-26H2,1-2H3,(H,39,43)/t35-/m1/s1. The lowest BCUT2D eigenvalue weighted by molar-refractivity contribution is -0.140. The first kappa shape index (κ1) is 34.0. The number of hydrogen-bond donors (Lipinski definition) is 1. The predicted molar refractivity (Wildman–Crippen MR) is 185 cm³/mol. The van der Waals surface area contributed by atoms with Crippen LogP contribution in [0.4, 0.5) is 5.69 Å². The maximum atomic E-state index is 14.7. The molecule has 0 heterocycles. The van der Waals surface area contributed by atoms with Crippen molar-refractivity contribution in [2.45, 2.75) is 62.6 Å². The van der Waals surface area contributed by atoms with E-state index in [1.54, 1.807) is 30.3 Å². The van der Waals surface area contributed by atoms with Gasteiger partial charge in [0.1, 0.15) is 18.3 Å². The summed E-state index contributed by atoms with van der Waals surface area (Å²) in [6.45, 7) is 1.52. The van der Waals surface area contributed by atoms with Crippen LogP contribution in [0.25, 0.3) is 0 Å². The van der Waals surface area contributed by atoms with Crippen LogP contribution >= 0.6 is 11.6 Å². The second-order valence-electron chi connectivity index (χ2n) is 11.8. The molecule has 1 saturated carbocycles. The Labute approximate surface area is 282 Å². The fourth-order valence-corrected chi connectivity index (χ4v) is 7.52. The molecule has 1 aliphatic rings. The molecule has 0 saturated heterocycles. The van der Waals surface area contributed by atoms with Crippen molar-refractivity contribution in [1.82, 2.24) is 10.2 Å². The molecule has 0 spiro atoms. The van der Waals surface area contributed by atoms with Crippen molar-refractivity contribution in [3.8, 4) is 5.75 Å². The van der Waals surface area contributed by atoms with Crippen molar-refractivity contribution in [2.75, 3.05) is 18.0 Å². The monoisotopic (exact) mass is 673 g/mol. The van der Waals surface area contributed by atoms with E-state index >= 15 is 0 Å². The smallest absolute Gasteiger partial charge is 0.264 e. The van der Waals surface area contributed by atoms with Gasteiger partial charge in [-0.05, 0) is 78.9 Å². The number of hydrogen-bond acceptors (Lipinski definition) is 5. The van der Waals surface area contributed by atoms with Gasteiger partial charge in [-0.2, -0.15) is 0 Å². The second kappa shape index (κ2) is 15.5. The number of carbonyl (C=O) groups excluding carboxylic acids is 2. The SMILES string of the molecule is COc1ccc(S(=O)(=O)N(CC(=O)N(Cc2ccccc2C)[C@H](Cc2ccccc2)C(=O)NC2CCCC2)c2cccc(Cl)c2)cc1. The first-order valence-corrected chi connectivity index (χ1v) is 17.6. The third-order valence-corrected chi connectivity index (χ3v) is 10.6. The molecular formula is C37H40ClN3O5S. The van der Waals surface area contributed by atoms with Crippen LogP contribution in [0.3, 0.4) is 0 Å². The van der Waals surface area contributed by atoms with Gasteiger partial charge in [-0.3, -0.25) is 13.9 Å². The number of nitrogens with zero attached hydrogens (tertiary/aromatic N) is 2. The minimum atomic E-state index is -4.26. The molecule has 47 heavy (non-hydrogen) atoms. The van der Waals surface area contributed by atoms with Crippen molar-refractivity contribution < 1.29 is 22.7 Å². The van der Waals surface area contributed by atoms with Gasteiger partial charge in [-0.15, -0.1) is 0 Å². The molecule has 0 unspecified atom stereocenters. The summed E-state index contributed by atoms with van der Waals surface area (Å²) in [6, 6.07) is 28.8. The molecule has 1 fully saturated rings. The Bertz CT molecular complexity index is 1780. The Morgan fingerprint density at radius 3 is 2.26 bits per heavy atom. The van der Waals surface area contributed by atoms with Crippen molar-refractivity contribution in [2.24, 2.45) is 0 Å². The Morgan fingerprint density at radius 2 is 1.60 bits per heavy atom. The van der Waals surface area contributed by atoms with Crippen LogP contribution in [0, 0.1) is 6.92 Å². The van der Waals surface area contributed by atoms with Gasteiger partial charge >= 0.3 is 0 Å². The summed E-state index contributed by atoms with van der Waals surface area (Å²) in [4.78, 5) is 30.3. The number of anilines is 1. The molecule has 4 aromatic carbocycles. The van der Waals surface area contributed by atoms with Crippen LogP contribution in [0.1, 0.15) is 42.4 Å². The Morgan fingerprint density at radius 1 is 0.915 bits per heavy atom. The summed E-state index contributed by atoms with van der Waals surface area (Å²) in [5.41, 5.74) is 2.93. The van der Waals surface area contributed by atoms with Crippen LogP contribution in [-0.4, -0.2) is 50.9 Å². The number of sulfonamides is 1. The van der Waals surface area contributed by atoms with E-state index in [0.29, 0.717) is 10.8 Å². The maximum absolute atomic E-state index is 14.7. The average molecular weight is 674 g/mol. The number of amides is 2. The Hall–Kier alpha value is -4.34. The summed E-state index contributed by atoms with van der Waals surface area (Å²) in [7, 11) is -2.76. The number of aryl methyl sites for hydroxylation is 1. The number of ether oxygens (including phenoxy) is 1. The van der Waals surface area contributed by atoms with Gasteiger partial charge in [0, 0.05) is 24.0 Å². The lowest BCUT2D eigenvalue weighted by Crippen LogP contribution is -2.54. The van der Waals surface area contributed by atoms with E-state index in [9.17, 15) is 18.0 Å². The van der Waals surface area contributed by atoms with E-state index in [1.165, 1.54) is 30.2 Å². The fraction of sp³-hybridized carbons (Fsp3) is 0.297. The fourth-order valence-electron chi connectivity index (χ4n) is 5.93. The normalized spacial score (nSPS) is 13.9. The van der Waals surface area contributed by atoms with Crippen molar-refractivity contribution in [3.63, 3.8) is 0 Å². The van der Waals surface area contributed by atoms with Crippen LogP contribution in [0.5, 0.6) is 5.75 Å². The van der Waals surface area contributed by atoms with Gasteiger partial charge in [0.2, 0.25) is 11.8 Å². The Kier molecular flexibility index (Phi) is 11.2. The summed E-state index contributed by atoms with van der Waals surface area (Å²) in [5, 5.41) is 3.52. The van der Waals surface area contributed by atoms with E-state index in [1.807, 2.05) is 61.5 Å². The molecule has 1 aliphatic carbocycles. The Balaban J connectivity index is 1.57. The van der Waals surface area contributed by atoms with Gasteiger partial charge in [0.05, 0.1) is 17.7 Å². The highest BCUT2D eigenvalue weighted by Crippen LogP contribution is 2.28. The molecule has 0 aliphatic heterocycles. The quantitative estimate of drug-likeness (QED) is 0.174. The molecular weight excluding hydrogens is 634 g/mol. The molecule has 1 N–H and O–H groups in total. The molecule has 246 valence electrons. The van der Waals surface area contributed by atoms with Crippen molar-refractivity contribution >= 4 is 39.1 Å². The summed E-state index contributed by atoms with van der Waals surface area (Å²) < 4.78 is 34.7. The summed E-state index contributed by atoms with van der Waals surface area (Å²) >= 11 is 6.33. The molecule has 4 aromatic rings. The molecule has 0 aromatic heterocycles. The van der Waals surface area contributed by atoms with Gasteiger partial charge in [-0.1, -0.05) is 85.1 Å². The first-order valence-electron chi connectivity index (χ1n) is 15.8. The molecule has 0 bridgehead atoms. The average Bonchev–Trinajstić information content (AvgIpc) is 3.59. The number of methoxy groups -OCH3 is 1. The second-order valence-corrected chi connectivity index (χ2v) is 14.1. The third-order valence-electron chi connectivity index (χ3n) is 8.60. The topological polar surface area (TPSA) is 96.0 Å². The predicted octanol–water partition coefficient (Wildman–Crippen LogP) is 6.55. The minimum Gasteiger partial charge on any atom is -0.497 e. The lowest BCUT2D eigenvalue weighted by atomic mass is 10.0. The minimum absolute atomic E-state index is 0.0173. The van der Waals surface area contributed by atoms with Gasteiger partial charge in [0.15, 0.2) is 0 Å². The summed E-state index contributed by atoms with van der Waals surface area (Å²) in [6.07, 6.45) is 4.12. The van der Waals surface area contributed by atoms with E-state index in [-0.39, 0.29) is 35.5 Å². The van der Waals surface area contributed by atoms with Crippen molar-refractivity contribution in [3.05, 3.63) is 125 Å². The third kappa shape index (κ3) is 8.53. The van der Waals surface area contributed by atoms with Crippen LogP contribution in [0.15, 0.2) is 108 Å². The maximum Gasteiger partial charge on any atom is 0.264 e. The van der Waals surface area contributed by atoms with E-state index in [4.69, 9.17) is 16.3 Å². The lowest BCUT2D eigenvalue weighted by Gasteiger charge is -2.34. The molecule has 10 heteroatoms. The number of rotatable bonds is 13. The number of nitrogens with one attached hydrogen (secondary N) is 1. The van der Waals surface area contributed by atoms with Crippen LogP contribution in [0.2, 0.25) is 5.02 Å². The largest absolute Gasteiger partial charge is 0.497 e. The molecule has 1 atom stereocenters. The van der Waals surface area contributed by atoms with Crippen LogP contribution in [-0.2, 0) is 32.6 Å². The van der Waals surface area contributed by atoms with Gasteiger partial charge < -0.3 is 15.0 Å². The van der Waals surface area contributed by atoms with Gasteiger partial charge in [0.25, 0.3) is 10.0 Å². The molecule has 8 nitrogen and oxygen atoms in total. The zero-order chi connectivity index (χ0) is 33.4. The summed E-state index contributed by atoms with van der Waals surface area (Å²) in [5.74, 6) is -0.279. The first-order chi connectivity index (χ1) is 22.7. The zero-order valence-corrected chi connectivity index (χ0v) is 28.2. The van der Waals surface area contributed by atoms with E-state index in [2.05, 4.69) is 5.32 Å². The van der Waals surface area contributed by atoms with E-state index in [0.717, 1.165) is 46.7 Å².